The van der Waals surface area contributed by atoms with Gasteiger partial charge in [0.2, 0.25) is 6.29 Å². The molecule has 1 fully saturated rings. The van der Waals surface area contributed by atoms with E-state index in [0.717, 1.165) is 36.4 Å². The van der Waals surface area contributed by atoms with Crippen LogP contribution in [0.5, 0.6) is 0 Å². The van der Waals surface area contributed by atoms with Crippen molar-refractivity contribution in [3.05, 3.63) is 16.1 Å². The molecule has 0 bridgehead atoms. The summed E-state index contributed by atoms with van der Waals surface area (Å²) >= 11 is 1.64. The SMILES string of the molecule is COC(OC)c1csc(C2(OC)CCC(C)(C)CC2)n1. The van der Waals surface area contributed by atoms with Crippen LogP contribution in [0.1, 0.15) is 56.5 Å². The first-order valence-corrected chi connectivity index (χ1v) is 7.91. The largest absolute Gasteiger partial charge is 0.371 e. The minimum atomic E-state index is -0.395. The topological polar surface area (TPSA) is 40.6 Å². The fourth-order valence-corrected chi connectivity index (χ4v) is 3.83. The number of hydrogen-bond donors (Lipinski definition) is 0. The average Bonchev–Trinajstić information content (AvgIpc) is 2.91. The van der Waals surface area contributed by atoms with E-state index in [4.69, 9.17) is 19.2 Å². The maximum atomic E-state index is 5.88. The van der Waals surface area contributed by atoms with Crippen LogP contribution in [0.15, 0.2) is 5.38 Å². The Morgan fingerprint density at radius 1 is 1.10 bits per heavy atom. The smallest absolute Gasteiger partial charge is 0.201 e. The van der Waals surface area contributed by atoms with Gasteiger partial charge in [-0.15, -0.1) is 11.3 Å². The zero-order valence-electron chi connectivity index (χ0n) is 13.1. The summed E-state index contributed by atoms with van der Waals surface area (Å²) in [5.41, 5.74) is 1.00. The molecule has 0 amide bonds. The van der Waals surface area contributed by atoms with Gasteiger partial charge in [-0.2, -0.15) is 0 Å². The molecular formula is C15H25NO3S. The fraction of sp³-hybridized carbons (Fsp3) is 0.800. The van der Waals surface area contributed by atoms with Crippen molar-refractivity contribution in [2.45, 2.75) is 51.4 Å². The van der Waals surface area contributed by atoms with Gasteiger partial charge in [-0.05, 0) is 31.1 Å². The summed E-state index contributed by atoms with van der Waals surface area (Å²) in [7, 11) is 5.05. The van der Waals surface area contributed by atoms with Crippen LogP contribution in [0.25, 0.3) is 0 Å². The number of methoxy groups -OCH3 is 3. The predicted octanol–water partition coefficient (Wildman–Crippen LogP) is 3.88. The van der Waals surface area contributed by atoms with Crippen molar-refractivity contribution >= 4 is 11.3 Å². The Morgan fingerprint density at radius 2 is 1.70 bits per heavy atom. The number of ether oxygens (including phenoxy) is 3. The third kappa shape index (κ3) is 3.06. The van der Waals surface area contributed by atoms with Crippen molar-refractivity contribution in [1.82, 2.24) is 4.98 Å². The molecule has 1 aromatic rings. The van der Waals surface area contributed by atoms with Gasteiger partial charge in [0.15, 0.2) is 0 Å². The lowest BCUT2D eigenvalue weighted by Gasteiger charge is -2.41. The van der Waals surface area contributed by atoms with Crippen molar-refractivity contribution in [1.29, 1.82) is 0 Å². The van der Waals surface area contributed by atoms with Crippen molar-refractivity contribution in [3.63, 3.8) is 0 Å². The van der Waals surface area contributed by atoms with Crippen molar-refractivity contribution < 1.29 is 14.2 Å². The lowest BCUT2D eigenvalue weighted by molar-refractivity contribution is -0.109. The van der Waals surface area contributed by atoms with Crippen LogP contribution >= 0.6 is 11.3 Å². The second kappa shape index (κ2) is 6.10. The van der Waals surface area contributed by atoms with Crippen LogP contribution in [0.3, 0.4) is 0 Å². The average molecular weight is 299 g/mol. The predicted molar refractivity (Wildman–Crippen MR) is 79.8 cm³/mol. The van der Waals surface area contributed by atoms with Gasteiger partial charge >= 0.3 is 0 Å². The van der Waals surface area contributed by atoms with Crippen molar-refractivity contribution in [2.75, 3.05) is 21.3 Å². The number of rotatable bonds is 5. The van der Waals surface area contributed by atoms with Gasteiger partial charge in [0.1, 0.15) is 16.3 Å². The summed E-state index contributed by atoms with van der Waals surface area (Å²) in [5.74, 6) is 0. The fourth-order valence-electron chi connectivity index (χ4n) is 2.78. The zero-order chi connectivity index (χ0) is 14.8. The van der Waals surface area contributed by atoms with E-state index in [1.165, 1.54) is 0 Å². The maximum Gasteiger partial charge on any atom is 0.201 e. The van der Waals surface area contributed by atoms with Crippen molar-refractivity contribution in [3.8, 4) is 0 Å². The Kier molecular flexibility index (Phi) is 4.84. The van der Waals surface area contributed by atoms with Gasteiger partial charge in [-0.25, -0.2) is 4.98 Å². The van der Waals surface area contributed by atoms with E-state index < -0.39 is 6.29 Å². The molecule has 4 nitrogen and oxygen atoms in total. The third-order valence-corrected chi connectivity index (χ3v) is 5.43. The zero-order valence-corrected chi connectivity index (χ0v) is 13.9. The summed E-state index contributed by atoms with van der Waals surface area (Å²) in [6.45, 7) is 4.65. The summed E-state index contributed by atoms with van der Waals surface area (Å²) in [4.78, 5) is 4.71. The van der Waals surface area contributed by atoms with E-state index in [-0.39, 0.29) is 5.60 Å². The highest BCUT2D eigenvalue weighted by Gasteiger charge is 2.42. The van der Waals surface area contributed by atoms with Crippen LogP contribution in [-0.4, -0.2) is 26.3 Å². The van der Waals surface area contributed by atoms with E-state index in [1.54, 1.807) is 32.7 Å². The van der Waals surface area contributed by atoms with E-state index in [0.29, 0.717) is 5.41 Å². The number of thiazole rings is 1. The second-order valence-electron chi connectivity index (χ2n) is 6.24. The van der Waals surface area contributed by atoms with Crippen LogP contribution < -0.4 is 0 Å². The molecule has 0 N–H and O–H groups in total. The molecule has 0 atom stereocenters. The Labute approximate surface area is 125 Å². The standard InChI is InChI=1S/C15H25NO3S/c1-14(2)6-8-15(19-5,9-7-14)13-16-11(10-20-13)12(17-3)18-4/h10,12H,6-9H2,1-5H3. The molecule has 2 rings (SSSR count). The van der Waals surface area contributed by atoms with Crippen LogP contribution in [0.2, 0.25) is 0 Å². The number of aromatic nitrogens is 1. The van der Waals surface area contributed by atoms with Gasteiger partial charge in [-0.1, -0.05) is 13.8 Å². The molecule has 0 spiro atoms. The van der Waals surface area contributed by atoms with Gasteiger partial charge < -0.3 is 14.2 Å². The molecule has 114 valence electrons. The highest BCUT2D eigenvalue weighted by molar-refractivity contribution is 7.09. The maximum absolute atomic E-state index is 5.88. The molecule has 20 heavy (non-hydrogen) atoms. The molecule has 0 saturated heterocycles. The van der Waals surface area contributed by atoms with Gasteiger partial charge in [0, 0.05) is 26.7 Å². The highest BCUT2D eigenvalue weighted by atomic mass is 32.1. The third-order valence-electron chi connectivity index (χ3n) is 4.38. The monoisotopic (exact) mass is 299 g/mol. The first-order chi connectivity index (χ1) is 9.46. The normalized spacial score (nSPS) is 21.3. The Bertz CT molecular complexity index is 430. The lowest BCUT2D eigenvalue weighted by atomic mass is 9.71. The number of nitrogens with zero attached hydrogens (tertiary/aromatic N) is 1. The first kappa shape index (κ1) is 15.9. The van der Waals surface area contributed by atoms with Crippen LogP contribution in [0, 0.1) is 5.41 Å². The summed E-state index contributed by atoms with van der Waals surface area (Å²) in [6, 6.07) is 0. The minimum Gasteiger partial charge on any atom is -0.371 e. The first-order valence-electron chi connectivity index (χ1n) is 7.03. The molecule has 1 aliphatic carbocycles. The van der Waals surface area contributed by atoms with E-state index in [2.05, 4.69) is 13.8 Å². The summed E-state index contributed by atoms with van der Waals surface area (Å²) in [6.07, 6.45) is 3.97. The molecular weight excluding hydrogens is 274 g/mol. The molecule has 0 aromatic carbocycles. The second-order valence-corrected chi connectivity index (χ2v) is 7.10. The van der Waals surface area contributed by atoms with Gasteiger partial charge in [0.25, 0.3) is 0 Å². The Morgan fingerprint density at radius 3 is 2.20 bits per heavy atom. The Hall–Kier alpha value is -0.490. The molecule has 0 aliphatic heterocycles. The molecule has 5 heteroatoms. The van der Waals surface area contributed by atoms with Crippen LogP contribution in [-0.2, 0) is 19.8 Å². The molecule has 1 heterocycles. The van der Waals surface area contributed by atoms with E-state index in [9.17, 15) is 0 Å². The van der Waals surface area contributed by atoms with E-state index >= 15 is 0 Å². The summed E-state index contributed by atoms with van der Waals surface area (Å²) < 4.78 is 16.4. The quantitative estimate of drug-likeness (QED) is 0.774. The minimum absolute atomic E-state index is 0.232. The summed E-state index contributed by atoms with van der Waals surface area (Å²) in [5, 5.41) is 3.05. The van der Waals surface area contributed by atoms with Gasteiger partial charge in [0.05, 0.1) is 0 Å². The van der Waals surface area contributed by atoms with Crippen molar-refractivity contribution in [2.24, 2.45) is 5.41 Å². The van der Waals surface area contributed by atoms with E-state index in [1.807, 2.05) is 5.38 Å². The number of hydrogen-bond acceptors (Lipinski definition) is 5. The lowest BCUT2D eigenvalue weighted by Crippen LogP contribution is -2.36. The molecule has 1 saturated carbocycles. The molecule has 0 unspecified atom stereocenters. The molecule has 1 aromatic heterocycles. The van der Waals surface area contributed by atoms with Crippen LogP contribution in [0.4, 0.5) is 0 Å². The van der Waals surface area contributed by atoms with Gasteiger partial charge in [-0.3, -0.25) is 0 Å². The molecule has 0 radical (unpaired) electrons. The highest BCUT2D eigenvalue weighted by Crippen LogP contribution is 2.48. The Balaban J connectivity index is 2.20. The molecule has 1 aliphatic rings.